The summed E-state index contributed by atoms with van der Waals surface area (Å²) in [5, 5.41) is 0. The Kier molecular flexibility index (Phi) is 5.51. The summed E-state index contributed by atoms with van der Waals surface area (Å²) in [4.78, 5) is 9.55. The minimum atomic E-state index is -0.812. The largest absolute Gasteiger partial charge is 0.467 e. The molecular weight excluding hydrogens is 140 g/mol. The summed E-state index contributed by atoms with van der Waals surface area (Å²) in [6.07, 6.45) is 0. The Bertz CT molecular complexity index is 102. The predicted octanol–water partition coefficient (Wildman–Crippen LogP) is -0.0720. The van der Waals surface area contributed by atoms with Crippen LogP contribution in [0.3, 0.4) is 0 Å². The molecule has 0 aliphatic heterocycles. The van der Waals surface area contributed by atoms with Crippen LogP contribution in [0, 0.1) is 0 Å². The van der Waals surface area contributed by atoms with E-state index in [4.69, 9.17) is 0 Å². The highest BCUT2D eigenvalue weighted by molar-refractivity contribution is 7.84. The van der Waals surface area contributed by atoms with E-state index < -0.39 is 10.8 Å². The average molecular weight is 150 g/mol. The molecule has 0 saturated heterocycles. The molecule has 4 heteroatoms. The van der Waals surface area contributed by atoms with Crippen molar-refractivity contribution in [1.29, 1.82) is 0 Å². The summed E-state index contributed by atoms with van der Waals surface area (Å²) in [7, 11) is -0.812. The maximum Gasteiger partial charge on any atom is 0.293 e. The molecule has 0 N–H and O–H groups in total. The van der Waals surface area contributed by atoms with Crippen LogP contribution in [-0.4, -0.2) is 28.8 Å². The van der Waals surface area contributed by atoms with E-state index in [9.17, 15) is 9.00 Å². The van der Waals surface area contributed by atoms with Crippen molar-refractivity contribution < 1.29 is 13.7 Å². The highest BCUT2D eigenvalue weighted by Gasteiger charge is 1.93. The molecule has 0 heterocycles. The van der Waals surface area contributed by atoms with Gasteiger partial charge in [0.1, 0.15) is 6.61 Å². The molecular formula is C5H10O3S. The van der Waals surface area contributed by atoms with Crippen molar-refractivity contribution in [2.75, 3.05) is 18.1 Å². The summed E-state index contributed by atoms with van der Waals surface area (Å²) in [5.74, 6) is 1.08. The number of hydrogen-bond acceptors (Lipinski definition) is 3. The first kappa shape index (κ1) is 8.62. The van der Waals surface area contributed by atoms with Crippen LogP contribution in [0.1, 0.15) is 6.92 Å². The molecule has 54 valence electrons. The summed E-state index contributed by atoms with van der Waals surface area (Å²) in [6, 6.07) is 0. The van der Waals surface area contributed by atoms with Crippen LogP contribution in [0.25, 0.3) is 0 Å². The molecule has 0 saturated carbocycles. The third-order valence-corrected chi connectivity index (χ3v) is 2.08. The SMILES string of the molecule is CCS(=O)CCOC=O. The molecule has 0 aliphatic rings. The van der Waals surface area contributed by atoms with Gasteiger partial charge in [-0.3, -0.25) is 9.00 Å². The maximum absolute atomic E-state index is 10.6. The topological polar surface area (TPSA) is 43.4 Å². The molecule has 0 radical (unpaired) electrons. The van der Waals surface area contributed by atoms with Crippen molar-refractivity contribution in [1.82, 2.24) is 0 Å². The zero-order valence-electron chi connectivity index (χ0n) is 5.33. The first-order valence-corrected chi connectivity index (χ1v) is 4.20. The molecule has 0 bridgehead atoms. The highest BCUT2D eigenvalue weighted by Crippen LogP contribution is 1.80. The van der Waals surface area contributed by atoms with E-state index in [0.29, 0.717) is 18.0 Å². The van der Waals surface area contributed by atoms with Crippen LogP contribution >= 0.6 is 0 Å². The van der Waals surface area contributed by atoms with Gasteiger partial charge < -0.3 is 4.74 Å². The van der Waals surface area contributed by atoms with Crippen LogP contribution in [0.2, 0.25) is 0 Å². The van der Waals surface area contributed by atoms with E-state index in [1.54, 1.807) is 0 Å². The maximum atomic E-state index is 10.6. The Morgan fingerprint density at radius 3 is 2.78 bits per heavy atom. The van der Waals surface area contributed by atoms with E-state index in [1.165, 1.54) is 0 Å². The molecule has 0 spiro atoms. The zero-order valence-corrected chi connectivity index (χ0v) is 6.15. The fourth-order valence-corrected chi connectivity index (χ4v) is 0.904. The van der Waals surface area contributed by atoms with Gasteiger partial charge in [-0.1, -0.05) is 6.92 Å². The van der Waals surface area contributed by atoms with Crippen LogP contribution < -0.4 is 0 Å². The van der Waals surface area contributed by atoms with Crippen molar-refractivity contribution in [3.8, 4) is 0 Å². The number of ether oxygens (including phenoxy) is 1. The fourth-order valence-electron chi connectivity index (χ4n) is 0.334. The second-order valence-electron chi connectivity index (χ2n) is 1.40. The standard InChI is InChI=1S/C5H10O3S/c1-2-9(7)4-3-8-5-6/h5H,2-4H2,1H3. The summed E-state index contributed by atoms with van der Waals surface area (Å²) >= 11 is 0. The molecule has 0 aliphatic carbocycles. The van der Waals surface area contributed by atoms with Gasteiger partial charge >= 0.3 is 0 Å². The van der Waals surface area contributed by atoms with Crippen LogP contribution in [-0.2, 0) is 20.3 Å². The van der Waals surface area contributed by atoms with E-state index >= 15 is 0 Å². The zero-order chi connectivity index (χ0) is 7.11. The van der Waals surface area contributed by atoms with Crippen LogP contribution in [0.15, 0.2) is 0 Å². The second-order valence-corrected chi connectivity index (χ2v) is 3.26. The van der Waals surface area contributed by atoms with Crippen molar-refractivity contribution >= 4 is 17.3 Å². The van der Waals surface area contributed by atoms with Crippen molar-refractivity contribution in [3.05, 3.63) is 0 Å². The van der Waals surface area contributed by atoms with Gasteiger partial charge in [-0.2, -0.15) is 0 Å². The summed E-state index contributed by atoms with van der Waals surface area (Å²) < 4.78 is 14.9. The first-order valence-electron chi connectivity index (χ1n) is 2.71. The second kappa shape index (κ2) is 5.75. The van der Waals surface area contributed by atoms with E-state index in [-0.39, 0.29) is 6.61 Å². The molecule has 1 atom stereocenters. The lowest BCUT2D eigenvalue weighted by Crippen LogP contribution is -2.06. The van der Waals surface area contributed by atoms with Gasteiger partial charge in [-0.05, 0) is 0 Å². The Labute approximate surface area is 56.8 Å². The van der Waals surface area contributed by atoms with Gasteiger partial charge in [0, 0.05) is 16.6 Å². The van der Waals surface area contributed by atoms with Crippen LogP contribution in [0.5, 0.6) is 0 Å². The summed E-state index contributed by atoms with van der Waals surface area (Å²) in [5.41, 5.74) is 0. The van der Waals surface area contributed by atoms with Crippen LogP contribution in [0.4, 0.5) is 0 Å². The third kappa shape index (κ3) is 5.49. The van der Waals surface area contributed by atoms with Crippen molar-refractivity contribution in [2.45, 2.75) is 6.92 Å². The molecule has 0 aromatic carbocycles. The van der Waals surface area contributed by atoms with Gasteiger partial charge in [0.05, 0.1) is 5.75 Å². The molecule has 9 heavy (non-hydrogen) atoms. The van der Waals surface area contributed by atoms with E-state index in [2.05, 4.69) is 4.74 Å². The van der Waals surface area contributed by atoms with Gasteiger partial charge in [0.15, 0.2) is 0 Å². The molecule has 0 fully saturated rings. The molecule has 0 aromatic heterocycles. The Morgan fingerprint density at radius 1 is 1.67 bits per heavy atom. The Hall–Kier alpha value is -0.380. The average Bonchev–Trinajstić information content (AvgIpc) is 1.89. The lowest BCUT2D eigenvalue weighted by molar-refractivity contribution is -0.128. The predicted molar refractivity (Wildman–Crippen MR) is 35.6 cm³/mol. The Morgan fingerprint density at radius 2 is 2.33 bits per heavy atom. The number of rotatable bonds is 5. The smallest absolute Gasteiger partial charge is 0.293 e. The monoisotopic (exact) mass is 150 g/mol. The quantitative estimate of drug-likeness (QED) is 0.407. The minimum absolute atomic E-state index is 0.268. The lowest BCUT2D eigenvalue weighted by Gasteiger charge is -1.95. The third-order valence-electron chi connectivity index (χ3n) is 0.819. The van der Waals surface area contributed by atoms with Gasteiger partial charge in [-0.15, -0.1) is 0 Å². The fraction of sp³-hybridized carbons (Fsp3) is 0.800. The van der Waals surface area contributed by atoms with Crippen molar-refractivity contribution in [2.24, 2.45) is 0 Å². The molecule has 1 unspecified atom stereocenters. The van der Waals surface area contributed by atoms with E-state index in [1.807, 2.05) is 6.92 Å². The number of hydrogen-bond donors (Lipinski definition) is 0. The first-order chi connectivity index (χ1) is 4.31. The normalized spacial score (nSPS) is 12.6. The highest BCUT2D eigenvalue weighted by atomic mass is 32.2. The molecule has 0 aromatic rings. The molecule has 0 rings (SSSR count). The lowest BCUT2D eigenvalue weighted by atomic mass is 10.9. The minimum Gasteiger partial charge on any atom is -0.467 e. The molecule has 0 amide bonds. The molecule has 3 nitrogen and oxygen atoms in total. The van der Waals surface area contributed by atoms with Crippen molar-refractivity contribution in [3.63, 3.8) is 0 Å². The Balaban J connectivity index is 3.06. The number of carbonyl (C=O) groups is 1. The summed E-state index contributed by atoms with van der Waals surface area (Å²) in [6.45, 7) is 2.47. The van der Waals surface area contributed by atoms with E-state index in [0.717, 1.165) is 0 Å². The van der Waals surface area contributed by atoms with Gasteiger partial charge in [0.2, 0.25) is 0 Å². The van der Waals surface area contributed by atoms with Gasteiger partial charge in [0.25, 0.3) is 6.47 Å². The van der Waals surface area contributed by atoms with Gasteiger partial charge in [-0.25, -0.2) is 0 Å². The number of carbonyl (C=O) groups excluding carboxylic acids is 1.